The van der Waals surface area contributed by atoms with Crippen molar-refractivity contribution in [2.24, 2.45) is 0 Å². The number of esters is 1. The van der Waals surface area contributed by atoms with E-state index in [1.807, 2.05) is 19.1 Å². The van der Waals surface area contributed by atoms with Crippen LogP contribution in [0.2, 0.25) is 0 Å². The Morgan fingerprint density at radius 3 is 2.67 bits per heavy atom. The van der Waals surface area contributed by atoms with Crippen molar-refractivity contribution in [3.63, 3.8) is 0 Å². The van der Waals surface area contributed by atoms with Gasteiger partial charge in [-0.3, -0.25) is 10.3 Å². The number of hydrogen-bond donors (Lipinski definition) is 1. The third-order valence-electron chi connectivity index (χ3n) is 3.83. The standard InChI is InChI=1S/C16H23BrN2O2/c1-2-21-16(20)15(14-10-9-12(17)11-18-14)19-13-7-5-3-4-6-8-13/h9-11,13,15,19H,2-8H2,1H3. The summed E-state index contributed by atoms with van der Waals surface area (Å²) in [4.78, 5) is 16.6. The van der Waals surface area contributed by atoms with Gasteiger partial charge in [0.2, 0.25) is 0 Å². The Morgan fingerprint density at radius 2 is 2.10 bits per heavy atom. The van der Waals surface area contributed by atoms with Gasteiger partial charge in [0.05, 0.1) is 12.3 Å². The number of carbonyl (C=O) groups excluding carboxylic acids is 1. The Hall–Kier alpha value is -0.940. The van der Waals surface area contributed by atoms with Gasteiger partial charge in [-0.05, 0) is 47.8 Å². The lowest BCUT2D eigenvalue weighted by atomic mass is 10.1. The second-order valence-electron chi connectivity index (χ2n) is 5.44. The summed E-state index contributed by atoms with van der Waals surface area (Å²) in [6.45, 7) is 2.22. The van der Waals surface area contributed by atoms with Crippen molar-refractivity contribution in [1.82, 2.24) is 10.3 Å². The lowest BCUT2D eigenvalue weighted by molar-refractivity contribution is -0.146. The van der Waals surface area contributed by atoms with Crippen molar-refractivity contribution in [2.45, 2.75) is 57.5 Å². The van der Waals surface area contributed by atoms with Crippen LogP contribution in [0.5, 0.6) is 0 Å². The number of hydrogen-bond acceptors (Lipinski definition) is 4. The van der Waals surface area contributed by atoms with Crippen LogP contribution in [0, 0.1) is 0 Å². The minimum absolute atomic E-state index is 0.239. The SMILES string of the molecule is CCOC(=O)C(NC1CCCCCC1)c1ccc(Br)cn1. The zero-order chi connectivity index (χ0) is 15.1. The van der Waals surface area contributed by atoms with Gasteiger partial charge >= 0.3 is 5.97 Å². The molecule has 1 atom stereocenters. The molecule has 116 valence electrons. The molecule has 0 saturated heterocycles. The van der Waals surface area contributed by atoms with Crippen LogP contribution >= 0.6 is 15.9 Å². The second kappa shape index (κ2) is 8.49. The van der Waals surface area contributed by atoms with Crippen molar-refractivity contribution < 1.29 is 9.53 Å². The van der Waals surface area contributed by atoms with Crippen LogP contribution in [0.25, 0.3) is 0 Å². The van der Waals surface area contributed by atoms with Gasteiger partial charge in [0.25, 0.3) is 0 Å². The highest BCUT2D eigenvalue weighted by molar-refractivity contribution is 9.10. The van der Waals surface area contributed by atoms with E-state index < -0.39 is 6.04 Å². The molecule has 0 radical (unpaired) electrons. The summed E-state index contributed by atoms with van der Waals surface area (Å²) in [5.41, 5.74) is 0.723. The van der Waals surface area contributed by atoms with Crippen LogP contribution in [0.3, 0.4) is 0 Å². The Balaban J connectivity index is 2.11. The van der Waals surface area contributed by atoms with Gasteiger partial charge in [-0.1, -0.05) is 25.7 Å². The Morgan fingerprint density at radius 1 is 1.38 bits per heavy atom. The highest BCUT2D eigenvalue weighted by Gasteiger charge is 2.26. The second-order valence-corrected chi connectivity index (χ2v) is 6.36. The molecule has 1 fully saturated rings. The number of aromatic nitrogens is 1. The highest BCUT2D eigenvalue weighted by Crippen LogP contribution is 2.22. The summed E-state index contributed by atoms with van der Waals surface area (Å²) >= 11 is 3.37. The van der Waals surface area contributed by atoms with Crippen LogP contribution in [-0.2, 0) is 9.53 Å². The molecule has 1 saturated carbocycles. The van der Waals surface area contributed by atoms with E-state index in [0.717, 1.165) is 23.0 Å². The number of rotatable bonds is 5. The maximum atomic E-state index is 12.3. The average molecular weight is 355 g/mol. The van der Waals surface area contributed by atoms with E-state index in [4.69, 9.17) is 4.74 Å². The smallest absolute Gasteiger partial charge is 0.329 e. The van der Waals surface area contributed by atoms with Crippen LogP contribution < -0.4 is 5.32 Å². The molecule has 0 amide bonds. The average Bonchev–Trinajstić information content (AvgIpc) is 2.75. The van der Waals surface area contributed by atoms with Crippen molar-refractivity contribution in [2.75, 3.05) is 6.61 Å². The number of nitrogens with zero attached hydrogens (tertiary/aromatic N) is 1. The maximum absolute atomic E-state index is 12.3. The third kappa shape index (κ3) is 5.08. The van der Waals surface area contributed by atoms with E-state index in [-0.39, 0.29) is 5.97 Å². The summed E-state index contributed by atoms with van der Waals surface area (Å²) in [6, 6.07) is 3.67. The third-order valence-corrected chi connectivity index (χ3v) is 4.29. The fourth-order valence-electron chi connectivity index (χ4n) is 2.74. The minimum Gasteiger partial charge on any atom is -0.465 e. The molecule has 2 rings (SSSR count). The minimum atomic E-state index is -0.471. The first-order valence-corrected chi connectivity index (χ1v) is 8.54. The van der Waals surface area contributed by atoms with E-state index in [1.54, 1.807) is 6.20 Å². The summed E-state index contributed by atoms with van der Waals surface area (Å²) in [5.74, 6) is -0.239. The van der Waals surface area contributed by atoms with Crippen molar-refractivity contribution in [3.05, 3.63) is 28.5 Å². The van der Waals surface area contributed by atoms with Crippen LogP contribution in [0.1, 0.15) is 57.2 Å². The number of ether oxygens (including phenoxy) is 1. The van der Waals surface area contributed by atoms with Crippen molar-refractivity contribution in [1.29, 1.82) is 0 Å². The lowest BCUT2D eigenvalue weighted by Crippen LogP contribution is -2.38. The zero-order valence-electron chi connectivity index (χ0n) is 12.5. The van der Waals surface area contributed by atoms with Gasteiger partial charge in [-0.25, -0.2) is 4.79 Å². The van der Waals surface area contributed by atoms with Crippen LogP contribution in [-0.4, -0.2) is 23.6 Å². The van der Waals surface area contributed by atoms with E-state index >= 15 is 0 Å². The molecule has 0 aromatic carbocycles. The number of nitrogens with one attached hydrogen (secondary N) is 1. The molecule has 1 aromatic rings. The molecule has 4 nitrogen and oxygen atoms in total. The van der Waals surface area contributed by atoms with E-state index in [9.17, 15) is 4.79 Å². The normalized spacial score (nSPS) is 18.0. The van der Waals surface area contributed by atoms with Crippen LogP contribution in [0.4, 0.5) is 0 Å². The fourth-order valence-corrected chi connectivity index (χ4v) is 2.97. The van der Waals surface area contributed by atoms with E-state index in [1.165, 1.54) is 25.7 Å². The molecule has 1 heterocycles. The molecular formula is C16H23BrN2O2. The molecule has 1 unspecified atom stereocenters. The topological polar surface area (TPSA) is 51.2 Å². The van der Waals surface area contributed by atoms with Crippen molar-refractivity contribution in [3.8, 4) is 0 Å². The summed E-state index contributed by atoms with van der Waals surface area (Å²) in [6.07, 6.45) is 8.98. The predicted molar refractivity (Wildman–Crippen MR) is 85.9 cm³/mol. The number of halogens is 1. The first kappa shape index (κ1) is 16.4. The molecular weight excluding hydrogens is 332 g/mol. The van der Waals surface area contributed by atoms with E-state index in [0.29, 0.717) is 12.6 Å². The van der Waals surface area contributed by atoms with Gasteiger partial charge in [0.1, 0.15) is 6.04 Å². The highest BCUT2D eigenvalue weighted by atomic mass is 79.9. The number of carbonyl (C=O) groups is 1. The molecule has 0 aliphatic heterocycles. The predicted octanol–water partition coefficient (Wildman–Crippen LogP) is 3.76. The lowest BCUT2D eigenvalue weighted by Gasteiger charge is -2.23. The van der Waals surface area contributed by atoms with Crippen molar-refractivity contribution >= 4 is 21.9 Å². The zero-order valence-corrected chi connectivity index (χ0v) is 14.1. The molecule has 21 heavy (non-hydrogen) atoms. The van der Waals surface area contributed by atoms with Gasteiger partial charge in [-0.15, -0.1) is 0 Å². The molecule has 1 aliphatic rings. The van der Waals surface area contributed by atoms with Gasteiger partial charge in [0, 0.05) is 16.7 Å². The summed E-state index contributed by atoms with van der Waals surface area (Å²) < 4.78 is 6.11. The fraction of sp³-hybridized carbons (Fsp3) is 0.625. The first-order valence-electron chi connectivity index (χ1n) is 7.75. The van der Waals surface area contributed by atoms with Crippen LogP contribution in [0.15, 0.2) is 22.8 Å². The van der Waals surface area contributed by atoms with Gasteiger partial charge in [-0.2, -0.15) is 0 Å². The first-order chi connectivity index (χ1) is 10.2. The Labute approximate surface area is 134 Å². The largest absolute Gasteiger partial charge is 0.465 e. The molecule has 0 bridgehead atoms. The van der Waals surface area contributed by atoms with Gasteiger partial charge < -0.3 is 4.74 Å². The number of pyridine rings is 1. The molecule has 1 N–H and O–H groups in total. The maximum Gasteiger partial charge on any atom is 0.329 e. The monoisotopic (exact) mass is 354 g/mol. The molecule has 1 aliphatic carbocycles. The molecule has 1 aromatic heterocycles. The Kier molecular flexibility index (Phi) is 6.64. The van der Waals surface area contributed by atoms with Gasteiger partial charge in [0.15, 0.2) is 0 Å². The quantitative estimate of drug-likeness (QED) is 0.645. The summed E-state index contributed by atoms with van der Waals surface area (Å²) in [7, 11) is 0. The summed E-state index contributed by atoms with van der Waals surface area (Å²) in [5, 5.41) is 3.46. The Bertz CT molecular complexity index is 442. The molecule has 0 spiro atoms. The van der Waals surface area contributed by atoms with E-state index in [2.05, 4.69) is 26.2 Å². The molecule has 5 heteroatoms.